The number of rotatable bonds is 6. The number of methoxy groups -OCH3 is 1. The molecule has 0 spiro atoms. The molecule has 2 aromatic rings. The topological polar surface area (TPSA) is 90.9 Å². The Morgan fingerprint density at radius 1 is 1.03 bits per heavy atom. The highest BCUT2D eigenvalue weighted by atomic mass is 127. The van der Waals surface area contributed by atoms with Crippen LogP contribution in [-0.2, 0) is 19.1 Å². The smallest absolute Gasteiger partial charge is 0.262 e. The number of halogens is 2. The minimum Gasteiger partial charge on any atom is -0.493 e. The molecule has 2 aromatic carbocycles. The van der Waals surface area contributed by atoms with E-state index in [0.717, 1.165) is 18.4 Å². The van der Waals surface area contributed by atoms with E-state index < -0.39 is 17.6 Å². The quantitative estimate of drug-likeness (QED) is 0.426. The zero-order valence-corrected chi connectivity index (χ0v) is 22.4. The standard InChI is InChI=1S/C28H25FINO6/c1-35-23-13-15(12-18(30)28(23)36-14-24(34)31-17-10-8-16(29)9-11-17)25-26-19(32)4-2-6-21(26)37-22-7-3-5-20(33)27(22)25/h8-13,25H,2-7,14H2,1H3,(H,31,34). The third-order valence-corrected chi connectivity index (χ3v) is 7.50. The number of anilines is 1. The monoisotopic (exact) mass is 617 g/mol. The number of carbonyl (C=O) groups is 3. The summed E-state index contributed by atoms with van der Waals surface area (Å²) in [6.07, 6.45) is 3.65. The van der Waals surface area contributed by atoms with Crippen LogP contribution in [0.25, 0.3) is 0 Å². The molecule has 0 aromatic heterocycles. The van der Waals surface area contributed by atoms with Crippen LogP contribution in [-0.4, -0.2) is 31.2 Å². The lowest BCUT2D eigenvalue weighted by molar-refractivity contribution is -0.119. The second-order valence-electron chi connectivity index (χ2n) is 9.14. The molecule has 0 radical (unpaired) electrons. The largest absolute Gasteiger partial charge is 0.493 e. The molecular formula is C28H25FINO6. The number of allylic oxidation sites excluding steroid dienone is 4. The zero-order valence-electron chi connectivity index (χ0n) is 20.2. The maximum Gasteiger partial charge on any atom is 0.262 e. The summed E-state index contributed by atoms with van der Waals surface area (Å²) in [6, 6.07) is 9.08. The van der Waals surface area contributed by atoms with Crippen molar-refractivity contribution in [1.82, 2.24) is 0 Å². The number of amides is 1. The fourth-order valence-corrected chi connectivity index (χ4v) is 5.85. The van der Waals surface area contributed by atoms with E-state index in [4.69, 9.17) is 14.2 Å². The number of ether oxygens (including phenoxy) is 3. The molecule has 7 nitrogen and oxygen atoms in total. The van der Waals surface area contributed by atoms with Gasteiger partial charge in [-0.15, -0.1) is 0 Å². The fraction of sp³-hybridized carbons (Fsp3) is 0.321. The molecule has 1 N–H and O–H groups in total. The van der Waals surface area contributed by atoms with E-state index in [-0.39, 0.29) is 18.2 Å². The van der Waals surface area contributed by atoms with Crippen molar-refractivity contribution >= 4 is 45.8 Å². The lowest BCUT2D eigenvalue weighted by atomic mass is 9.73. The number of nitrogens with one attached hydrogen (secondary N) is 1. The maximum atomic E-state index is 13.1. The highest BCUT2D eigenvalue weighted by Gasteiger charge is 2.42. The summed E-state index contributed by atoms with van der Waals surface area (Å²) in [4.78, 5) is 38.5. The molecule has 9 heteroatoms. The molecule has 0 unspecified atom stereocenters. The Balaban J connectivity index is 1.45. The van der Waals surface area contributed by atoms with Gasteiger partial charge in [0.1, 0.15) is 17.3 Å². The average molecular weight is 617 g/mol. The van der Waals surface area contributed by atoms with Crippen molar-refractivity contribution in [3.05, 3.63) is 74.0 Å². The molecule has 0 saturated heterocycles. The molecule has 37 heavy (non-hydrogen) atoms. The van der Waals surface area contributed by atoms with Crippen LogP contribution in [0.2, 0.25) is 0 Å². The summed E-state index contributed by atoms with van der Waals surface area (Å²) in [5.41, 5.74) is 2.32. The molecule has 1 heterocycles. The molecule has 0 fully saturated rings. The van der Waals surface area contributed by atoms with E-state index >= 15 is 0 Å². The fourth-order valence-electron chi connectivity index (χ4n) is 5.07. The molecule has 1 aliphatic heterocycles. The second kappa shape index (κ2) is 10.6. The van der Waals surface area contributed by atoms with Crippen LogP contribution in [0.5, 0.6) is 11.5 Å². The Kier molecular flexibility index (Phi) is 7.32. The van der Waals surface area contributed by atoms with E-state index in [1.807, 2.05) is 6.07 Å². The Bertz CT molecular complexity index is 1310. The van der Waals surface area contributed by atoms with E-state index in [0.29, 0.717) is 69.1 Å². The SMILES string of the molecule is COc1cc(C2C3=C(CCCC3=O)OC3=C2C(=O)CCC3)cc(I)c1OCC(=O)Nc1ccc(F)cc1. The average Bonchev–Trinajstić information content (AvgIpc) is 2.88. The third kappa shape index (κ3) is 5.14. The summed E-state index contributed by atoms with van der Waals surface area (Å²) >= 11 is 2.10. The van der Waals surface area contributed by atoms with Crippen molar-refractivity contribution in [2.45, 2.75) is 44.4 Å². The second-order valence-corrected chi connectivity index (χ2v) is 10.3. The summed E-state index contributed by atoms with van der Waals surface area (Å²) in [6.45, 7) is -0.290. The van der Waals surface area contributed by atoms with E-state index in [1.165, 1.54) is 31.4 Å². The summed E-state index contributed by atoms with van der Waals surface area (Å²) in [5, 5.41) is 2.66. The first-order valence-corrected chi connectivity index (χ1v) is 13.2. The van der Waals surface area contributed by atoms with Crippen LogP contribution < -0.4 is 14.8 Å². The lowest BCUT2D eigenvalue weighted by Crippen LogP contribution is -2.30. The molecule has 0 bridgehead atoms. The molecule has 0 atom stereocenters. The van der Waals surface area contributed by atoms with Crippen LogP contribution in [0.3, 0.4) is 0 Å². The molecule has 0 saturated carbocycles. The summed E-state index contributed by atoms with van der Waals surface area (Å²) in [7, 11) is 1.50. The first-order valence-electron chi connectivity index (χ1n) is 12.1. The summed E-state index contributed by atoms with van der Waals surface area (Å²) < 4.78 is 31.3. The Morgan fingerprint density at radius 2 is 1.65 bits per heavy atom. The summed E-state index contributed by atoms with van der Waals surface area (Å²) in [5.74, 6) is 0.781. The minimum absolute atomic E-state index is 0.00272. The highest BCUT2D eigenvalue weighted by molar-refractivity contribution is 14.1. The van der Waals surface area contributed by atoms with E-state index in [9.17, 15) is 18.8 Å². The predicted molar refractivity (Wildman–Crippen MR) is 142 cm³/mol. The first kappa shape index (κ1) is 25.4. The predicted octanol–water partition coefficient (Wildman–Crippen LogP) is 5.58. The van der Waals surface area contributed by atoms with Crippen molar-refractivity contribution in [3.8, 4) is 11.5 Å². The van der Waals surface area contributed by atoms with Crippen LogP contribution >= 0.6 is 22.6 Å². The number of Topliss-reactive ketones (excluding diaryl/α,β-unsaturated/α-hetero) is 2. The van der Waals surface area contributed by atoms with Gasteiger partial charge in [-0.3, -0.25) is 14.4 Å². The maximum absolute atomic E-state index is 13.1. The van der Waals surface area contributed by atoms with Crippen LogP contribution in [0.15, 0.2) is 59.1 Å². The van der Waals surface area contributed by atoms with Crippen LogP contribution in [0.4, 0.5) is 10.1 Å². The molecule has 5 rings (SSSR count). The highest BCUT2D eigenvalue weighted by Crippen LogP contribution is 2.49. The number of ketones is 2. The van der Waals surface area contributed by atoms with Gasteiger partial charge in [-0.05, 0) is 77.4 Å². The van der Waals surface area contributed by atoms with Crippen molar-refractivity contribution in [1.29, 1.82) is 0 Å². The zero-order chi connectivity index (χ0) is 26.1. The van der Waals surface area contributed by atoms with Crippen molar-refractivity contribution in [3.63, 3.8) is 0 Å². The van der Waals surface area contributed by atoms with Gasteiger partial charge in [-0.25, -0.2) is 4.39 Å². The molecule has 2 aliphatic carbocycles. The van der Waals surface area contributed by atoms with Gasteiger partial charge in [0.2, 0.25) is 0 Å². The van der Waals surface area contributed by atoms with Gasteiger partial charge >= 0.3 is 0 Å². The van der Waals surface area contributed by atoms with Crippen LogP contribution in [0, 0.1) is 9.39 Å². The van der Waals surface area contributed by atoms with E-state index in [1.54, 1.807) is 6.07 Å². The Morgan fingerprint density at radius 3 is 2.24 bits per heavy atom. The molecule has 192 valence electrons. The van der Waals surface area contributed by atoms with Gasteiger partial charge in [-0.1, -0.05) is 0 Å². The van der Waals surface area contributed by atoms with Gasteiger partial charge in [0.05, 0.1) is 10.7 Å². The van der Waals surface area contributed by atoms with Crippen molar-refractivity contribution in [2.24, 2.45) is 0 Å². The normalized spacial score (nSPS) is 17.7. The molecular weight excluding hydrogens is 592 g/mol. The van der Waals surface area contributed by atoms with Crippen molar-refractivity contribution in [2.75, 3.05) is 19.0 Å². The molecule has 1 amide bonds. The van der Waals surface area contributed by atoms with E-state index in [2.05, 4.69) is 27.9 Å². The molecule has 3 aliphatic rings. The minimum atomic E-state index is -0.516. The van der Waals surface area contributed by atoms with Crippen LogP contribution in [0.1, 0.15) is 50.0 Å². The first-order chi connectivity index (χ1) is 17.9. The van der Waals surface area contributed by atoms with Gasteiger partial charge in [0.15, 0.2) is 29.7 Å². The lowest BCUT2D eigenvalue weighted by Gasteiger charge is -2.36. The van der Waals surface area contributed by atoms with Gasteiger partial charge < -0.3 is 19.5 Å². The number of hydrogen-bond acceptors (Lipinski definition) is 6. The third-order valence-electron chi connectivity index (χ3n) is 6.70. The van der Waals surface area contributed by atoms with Gasteiger partial charge in [0, 0.05) is 48.4 Å². The number of benzene rings is 2. The van der Waals surface area contributed by atoms with Gasteiger partial charge in [-0.2, -0.15) is 0 Å². The Hall–Kier alpha value is -3.21. The number of hydrogen-bond donors (Lipinski definition) is 1. The van der Waals surface area contributed by atoms with Crippen molar-refractivity contribution < 1.29 is 33.0 Å². The Labute approximate surface area is 227 Å². The number of carbonyl (C=O) groups excluding carboxylic acids is 3. The van der Waals surface area contributed by atoms with Gasteiger partial charge in [0.25, 0.3) is 5.91 Å².